The predicted molar refractivity (Wildman–Crippen MR) is 50.0 cm³/mol. The Hall–Kier alpha value is -1.09. The SMILES string of the molecule is COC(=O)CC=Cc1ccsc1. The lowest BCUT2D eigenvalue weighted by molar-refractivity contribution is -0.139. The molecule has 0 aliphatic heterocycles. The first-order chi connectivity index (χ1) is 5.83. The van der Waals surface area contributed by atoms with Gasteiger partial charge in [-0.05, 0) is 22.4 Å². The molecule has 0 aromatic carbocycles. The smallest absolute Gasteiger partial charge is 0.309 e. The van der Waals surface area contributed by atoms with E-state index in [9.17, 15) is 4.79 Å². The fourth-order valence-electron chi connectivity index (χ4n) is 0.744. The van der Waals surface area contributed by atoms with Gasteiger partial charge in [-0.1, -0.05) is 12.2 Å². The van der Waals surface area contributed by atoms with Gasteiger partial charge in [-0.15, -0.1) is 0 Å². The van der Waals surface area contributed by atoms with Gasteiger partial charge in [-0.3, -0.25) is 4.79 Å². The summed E-state index contributed by atoms with van der Waals surface area (Å²) in [7, 11) is 1.39. The Morgan fingerprint density at radius 2 is 2.58 bits per heavy atom. The van der Waals surface area contributed by atoms with Crippen LogP contribution in [0.5, 0.6) is 0 Å². The van der Waals surface area contributed by atoms with Crippen molar-refractivity contribution in [3.63, 3.8) is 0 Å². The van der Waals surface area contributed by atoms with Crippen molar-refractivity contribution in [2.45, 2.75) is 6.42 Å². The van der Waals surface area contributed by atoms with Gasteiger partial charge in [0.1, 0.15) is 0 Å². The minimum absolute atomic E-state index is 0.207. The van der Waals surface area contributed by atoms with E-state index in [2.05, 4.69) is 4.74 Å². The number of thiophene rings is 1. The molecule has 0 N–H and O–H groups in total. The zero-order valence-corrected chi connectivity index (χ0v) is 7.64. The fraction of sp³-hybridized carbons (Fsp3) is 0.222. The van der Waals surface area contributed by atoms with Gasteiger partial charge in [0.25, 0.3) is 0 Å². The van der Waals surface area contributed by atoms with Crippen LogP contribution in [0.25, 0.3) is 6.08 Å². The second-order valence-electron chi connectivity index (χ2n) is 2.24. The number of hydrogen-bond donors (Lipinski definition) is 0. The van der Waals surface area contributed by atoms with E-state index in [1.165, 1.54) is 7.11 Å². The van der Waals surface area contributed by atoms with E-state index in [1.54, 1.807) is 17.4 Å². The Kier molecular flexibility index (Phi) is 3.54. The van der Waals surface area contributed by atoms with Crippen molar-refractivity contribution >= 4 is 23.4 Å². The van der Waals surface area contributed by atoms with Gasteiger partial charge >= 0.3 is 5.97 Å². The molecule has 0 saturated heterocycles. The molecule has 0 bridgehead atoms. The summed E-state index contributed by atoms with van der Waals surface area (Å²) in [6, 6.07) is 2.00. The first-order valence-electron chi connectivity index (χ1n) is 3.58. The summed E-state index contributed by atoms with van der Waals surface area (Å²) in [6.07, 6.45) is 4.05. The highest BCUT2D eigenvalue weighted by Crippen LogP contribution is 2.07. The third-order valence-electron chi connectivity index (χ3n) is 1.37. The van der Waals surface area contributed by atoms with E-state index in [0.29, 0.717) is 6.42 Å². The molecule has 1 rings (SSSR count). The first kappa shape index (κ1) is 9.00. The highest BCUT2D eigenvalue weighted by molar-refractivity contribution is 7.08. The molecule has 64 valence electrons. The molecule has 0 amide bonds. The molecule has 0 saturated carbocycles. The predicted octanol–water partition coefficient (Wildman–Crippen LogP) is 2.32. The van der Waals surface area contributed by atoms with Gasteiger partial charge in [-0.25, -0.2) is 0 Å². The van der Waals surface area contributed by atoms with Gasteiger partial charge in [0.15, 0.2) is 0 Å². The highest BCUT2D eigenvalue weighted by atomic mass is 32.1. The van der Waals surface area contributed by atoms with Crippen LogP contribution in [-0.4, -0.2) is 13.1 Å². The Morgan fingerprint density at radius 3 is 3.17 bits per heavy atom. The lowest BCUT2D eigenvalue weighted by atomic mass is 10.3. The standard InChI is InChI=1S/C9H10O2S/c1-11-9(10)4-2-3-8-5-6-12-7-8/h2-3,5-7H,4H2,1H3. The summed E-state index contributed by atoms with van der Waals surface area (Å²) >= 11 is 1.64. The van der Waals surface area contributed by atoms with Crippen molar-refractivity contribution in [2.75, 3.05) is 7.11 Å². The van der Waals surface area contributed by atoms with Crippen LogP contribution in [0.2, 0.25) is 0 Å². The second-order valence-corrected chi connectivity index (χ2v) is 3.02. The van der Waals surface area contributed by atoms with E-state index < -0.39 is 0 Å². The van der Waals surface area contributed by atoms with Crippen LogP contribution in [0.15, 0.2) is 22.9 Å². The van der Waals surface area contributed by atoms with E-state index in [0.717, 1.165) is 5.56 Å². The molecule has 2 nitrogen and oxygen atoms in total. The molecular weight excluding hydrogens is 172 g/mol. The average molecular weight is 182 g/mol. The Bertz CT molecular complexity index is 262. The fourth-order valence-corrected chi connectivity index (χ4v) is 1.37. The zero-order valence-electron chi connectivity index (χ0n) is 6.82. The zero-order chi connectivity index (χ0) is 8.81. The minimum Gasteiger partial charge on any atom is -0.469 e. The number of carbonyl (C=O) groups excluding carboxylic acids is 1. The summed E-state index contributed by atoms with van der Waals surface area (Å²) in [6.45, 7) is 0. The van der Waals surface area contributed by atoms with E-state index in [1.807, 2.05) is 22.9 Å². The van der Waals surface area contributed by atoms with Crippen LogP contribution in [0, 0.1) is 0 Å². The Labute approximate surface area is 75.5 Å². The van der Waals surface area contributed by atoms with Crippen molar-refractivity contribution in [3.05, 3.63) is 28.5 Å². The normalized spacial score (nSPS) is 10.4. The number of methoxy groups -OCH3 is 1. The van der Waals surface area contributed by atoms with E-state index >= 15 is 0 Å². The topological polar surface area (TPSA) is 26.3 Å². The summed E-state index contributed by atoms with van der Waals surface area (Å²) in [5, 5.41) is 4.02. The molecule has 0 radical (unpaired) electrons. The van der Waals surface area contributed by atoms with Crippen molar-refractivity contribution in [1.29, 1.82) is 0 Å². The molecule has 1 heterocycles. The second kappa shape index (κ2) is 4.72. The van der Waals surface area contributed by atoms with Crippen LogP contribution in [0.4, 0.5) is 0 Å². The van der Waals surface area contributed by atoms with E-state index in [-0.39, 0.29) is 5.97 Å². The van der Waals surface area contributed by atoms with Gasteiger partial charge < -0.3 is 4.74 Å². The van der Waals surface area contributed by atoms with Crippen molar-refractivity contribution in [3.8, 4) is 0 Å². The number of carbonyl (C=O) groups is 1. The Morgan fingerprint density at radius 1 is 1.75 bits per heavy atom. The number of esters is 1. The lowest BCUT2D eigenvalue weighted by Crippen LogP contribution is -1.96. The summed E-state index contributed by atoms with van der Waals surface area (Å²) in [4.78, 5) is 10.7. The summed E-state index contributed by atoms with van der Waals surface area (Å²) < 4.78 is 4.48. The van der Waals surface area contributed by atoms with Gasteiger partial charge in [0, 0.05) is 0 Å². The molecule has 0 unspecified atom stereocenters. The molecule has 12 heavy (non-hydrogen) atoms. The van der Waals surface area contributed by atoms with Crippen molar-refractivity contribution in [1.82, 2.24) is 0 Å². The van der Waals surface area contributed by atoms with Gasteiger partial charge in [-0.2, -0.15) is 11.3 Å². The number of rotatable bonds is 3. The van der Waals surface area contributed by atoms with E-state index in [4.69, 9.17) is 0 Å². The van der Waals surface area contributed by atoms with Crippen LogP contribution >= 0.6 is 11.3 Å². The third-order valence-corrected chi connectivity index (χ3v) is 2.07. The van der Waals surface area contributed by atoms with Crippen LogP contribution in [0.3, 0.4) is 0 Å². The van der Waals surface area contributed by atoms with Crippen LogP contribution in [0.1, 0.15) is 12.0 Å². The molecule has 0 spiro atoms. The Balaban J connectivity index is 2.37. The summed E-state index contributed by atoms with van der Waals surface area (Å²) in [5.74, 6) is -0.207. The highest BCUT2D eigenvalue weighted by Gasteiger charge is 1.93. The van der Waals surface area contributed by atoms with Gasteiger partial charge in [0.05, 0.1) is 13.5 Å². The lowest BCUT2D eigenvalue weighted by Gasteiger charge is -1.90. The quantitative estimate of drug-likeness (QED) is 0.670. The molecule has 0 fully saturated rings. The average Bonchev–Trinajstić information content (AvgIpc) is 2.57. The molecule has 1 aromatic rings. The first-order valence-corrected chi connectivity index (χ1v) is 4.53. The van der Waals surface area contributed by atoms with Crippen LogP contribution in [-0.2, 0) is 9.53 Å². The molecule has 0 aliphatic rings. The molecule has 3 heteroatoms. The third kappa shape index (κ3) is 2.88. The molecule has 0 atom stereocenters. The largest absolute Gasteiger partial charge is 0.469 e. The van der Waals surface area contributed by atoms with Crippen molar-refractivity contribution in [2.24, 2.45) is 0 Å². The maximum absolute atomic E-state index is 10.7. The minimum atomic E-state index is -0.207. The molecule has 1 aromatic heterocycles. The maximum atomic E-state index is 10.7. The monoisotopic (exact) mass is 182 g/mol. The van der Waals surface area contributed by atoms with Crippen LogP contribution < -0.4 is 0 Å². The van der Waals surface area contributed by atoms with Gasteiger partial charge in [0.2, 0.25) is 0 Å². The molecule has 0 aliphatic carbocycles. The maximum Gasteiger partial charge on any atom is 0.309 e. The van der Waals surface area contributed by atoms with Crippen molar-refractivity contribution < 1.29 is 9.53 Å². The number of hydrogen-bond acceptors (Lipinski definition) is 3. The molecular formula is C9H10O2S. The number of ether oxygens (including phenoxy) is 1. The summed E-state index contributed by atoms with van der Waals surface area (Å²) in [5.41, 5.74) is 1.13.